The number of rotatable bonds is 2. The normalized spacial score (nSPS) is 22.1. The molecule has 2 N–H and O–H groups in total. The van der Waals surface area contributed by atoms with E-state index in [9.17, 15) is 9.59 Å². The molecule has 110 valence electrons. The first kappa shape index (κ1) is 13.8. The fraction of sp³-hybridized carbons (Fsp3) is 0.400. The second-order valence-corrected chi connectivity index (χ2v) is 5.46. The van der Waals surface area contributed by atoms with Crippen LogP contribution in [0.5, 0.6) is 0 Å². The zero-order valence-corrected chi connectivity index (χ0v) is 11.9. The van der Waals surface area contributed by atoms with E-state index in [0.717, 1.165) is 19.5 Å². The minimum atomic E-state index is -0.343. The molecule has 1 aliphatic rings. The third-order valence-electron chi connectivity index (χ3n) is 3.96. The molecule has 0 aromatic carbocycles. The predicted molar refractivity (Wildman–Crippen MR) is 79.4 cm³/mol. The lowest BCUT2D eigenvalue weighted by Gasteiger charge is -2.30. The van der Waals surface area contributed by atoms with Crippen molar-refractivity contribution in [2.75, 3.05) is 13.1 Å². The molecule has 21 heavy (non-hydrogen) atoms. The SMILES string of the molecule is CC1CNCCC1NC(=O)c1cnc2ccccn2c1=O. The molecule has 3 rings (SSSR count). The number of fused-ring (bicyclic) bond motifs is 1. The van der Waals surface area contributed by atoms with E-state index in [0.29, 0.717) is 11.6 Å². The van der Waals surface area contributed by atoms with Crippen molar-refractivity contribution in [3.63, 3.8) is 0 Å². The van der Waals surface area contributed by atoms with Crippen molar-refractivity contribution in [3.8, 4) is 0 Å². The third-order valence-corrected chi connectivity index (χ3v) is 3.96. The number of piperidine rings is 1. The van der Waals surface area contributed by atoms with Crippen molar-refractivity contribution in [1.82, 2.24) is 20.0 Å². The molecule has 2 atom stereocenters. The summed E-state index contributed by atoms with van der Waals surface area (Å²) >= 11 is 0. The van der Waals surface area contributed by atoms with Gasteiger partial charge in [0.15, 0.2) is 0 Å². The molecule has 0 aliphatic carbocycles. The van der Waals surface area contributed by atoms with Gasteiger partial charge in [0.05, 0.1) is 0 Å². The second kappa shape index (κ2) is 5.65. The number of nitrogens with zero attached hydrogens (tertiary/aromatic N) is 2. The first-order chi connectivity index (χ1) is 10.2. The van der Waals surface area contributed by atoms with Crippen LogP contribution >= 0.6 is 0 Å². The van der Waals surface area contributed by atoms with Crippen LogP contribution in [0.4, 0.5) is 0 Å². The fourth-order valence-electron chi connectivity index (χ4n) is 2.66. The van der Waals surface area contributed by atoms with Crippen LogP contribution in [0.25, 0.3) is 5.65 Å². The molecule has 1 saturated heterocycles. The molecule has 2 aromatic rings. The Hall–Kier alpha value is -2.21. The summed E-state index contributed by atoms with van der Waals surface area (Å²) in [7, 11) is 0. The zero-order chi connectivity index (χ0) is 14.8. The Kier molecular flexibility index (Phi) is 3.70. The van der Waals surface area contributed by atoms with Gasteiger partial charge in [0.2, 0.25) is 0 Å². The van der Waals surface area contributed by atoms with Gasteiger partial charge in [-0.05, 0) is 37.6 Å². The van der Waals surface area contributed by atoms with Crippen LogP contribution in [0.2, 0.25) is 0 Å². The standard InChI is InChI=1S/C15H18N4O2/c1-10-8-16-6-5-12(10)18-14(20)11-9-17-13-4-2-3-7-19(13)15(11)21/h2-4,7,9-10,12,16H,5-6,8H2,1H3,(H,18,20). The second-order valence-electron chi connectivity index (χ2n) is 5.46. The first-order valence-electron chi connectivity index (χ1n) is 7.15. The van der Waals surface area contributed by atoms with Crippen LogP contribution in [-0.4, -0.2) is 34.4 Å². The molecule has 0 saturated carbocycles. The molecule has 0 bridgehead atoms. The van der Waals surface area contributed by atoms with E-state index < -0.39 is 0 Å². The highest BCUT2D eigenvalue weighted by Gasteiger charge is 2.24. The molecule has 2 unspecified atom stereocenters. The van der Waals surface area contributed by atoms with Crippen LogP contribution in [0.3, 0.4) is 0 Å². The highest BCUT2D eigenvalue weighted by molar-refractivity contribution is 5.93. The van der Waals surface area contributed by atoms with Gasteiger partial charge in [-0.2, -0.15) is 0 Å². The van der Waals surface area contributed by atoms with E-state index in [1.165, 1.54) is 10.6 Å². The Balaban J connectivity index is 1.88. The Labute approximate surface area is 122 Å². The molecule has 1 fully saturated rings. The number of pyridine rings is 1. The first-order valence-corrected chi connectivity index (χ1v) is 7.15. The number of carbonyl (C=O) groups excluding carboxylic acids is 1. The maximum Gasteiger partial charge on any atom is 0.270 e. The van der Waals surface area contributed by atoms with Crippen LogP contribution in [0.15, 0.2) is 35.4 Å². The van der Waals surface area contributed by atoms with Gasteiger partial charge in [-0.15, -0.1) is 0 Å². The molecule has 2 aromatic heterocycles. The average molecular weight is 286 g/mol. The minimum absolute atomic E-state index is 0.0874. The Morgan fingerprint density at radius 2 is 2.33 bits per heavy atom. The van der Waals surface area contributed by atoms with E-state index in [1.54, 1.807) is 24.4 Å². The van der Waals surface area contributed by atoms with E-state index in [1.807, 2.05) is 0 Å². The monoisotopic (exact) mass is 286 g/mol. The van der Waals surface area contributed by atoms with E-state index >= 15 is 0 Å². The van der Waals surface area contributed by atoms with Crippen LogP contribution < -0.4 is 16.2 Å². The summed E-state index contributed by atoms with van der Waals surface area (Å²) in [6.45, 7) is 3.84. The highest BCUT2D eigenvalue weighted by atomic mass is 16.2. The van der Waals surface area contributed by atoms with Gasteiger partial charge in [0.25, 0.3) is 11.5 Å². The summed E-state index contributed by atoms with van der Waals surface area (Å²) in [5, 5.41) is 6.24. The Morgan fingerprint density at radius 1 is 1.48 bits per heavy atom. The van der Waals surface area contributed by atoms with Crippen molar-refractivity contribution in [3.05, 3.63) is 46.5 Å². The number of amides is 1. The smallest absolute Gasteiger partial charge is 0.270 e. The number of aromatic nitrogens is 2. The molecule has 6 heteroatoms. The molecule has 0 radical (unpaired) electrons. The van der Waals surface area contributed by atoms with Gasteiger partial charge < -0.3 is 10.6 Å². The van der Waals surface area contributed by atoms with Crippen molar-refractivity contribution in [1.29, 1.82) is 0 Å². The summed E-state index contributed by atoms with van der Waals surface area (Å²) in [4.78, 5) is 28.8. The number of carbonyl (C=O) groups is 1. The molecule has 0 spiro atoms. The van der Waals surface area contributed by atoms with Crippen LogP contribution in [0.1, 0.15) is 23.7 Å². The Morgan fingerprint density at radius 3 is 3.14 bits per heavy atom. The molecule has 1 amide bonds. The lowest BCUT2D eigenvalue weighted by molar-refractivity contribution is 0.0912. The molecule has 6 nitrogen and oxygen atoms in total. The van der Waals surface area contributed by atoms with E-state index in [4.69, 9.17) is 0 Å². The van der Waals surface area contributed by atoms with Crippen molar-refractivity contribution < 1.29 is 4.79 Å². The van der Waals surface area contributed by atoms with E-state index in [-0.39, 0.29) is 23.1 Å². The van der Waals surface area contributed by atoms with Crippen LogP contribution in [-0.2, 0) is 0 Å². The predicted octanol–water partition coefficient (Wildman–Crippen LogP) is 0.422. The molecular weight excluding hydrogens is 268 g/mol. The quantitative estimate of drug-likeness (QED) is 0.839. The lowest BCUT2D eigenvalue weighted by Crippen LogP contribution is -2.49. The zero-order valence-electron chi connectivity index (χ0n) is 11.9. The summed E-state index contributed by atoms with van der Waals surface area (Å²) in [6, 6.07) is 5.37. The molecule has 3 heterocycles. The molecule has 1 aliphatic heterocycles. The number of hydrogen-bond acceptors (Lipinski definition) is 4. The maximum absolute atomic E-state index is 12.3. The number of hydrogen-bond donors (Lipinski definition) is 2. The topological polar surface area (TPSA) is 75.5 Å². The molecular formula is C15H18N4O2. The van der Waals surface area contributed by atoms with Crippen molar-refractivity contribution >= 4 is 11.6 Å². The van der Waals surface area contributed by atoms with Gasteiger partial charge in [0, 0.05) is 18.4 Å². The highest BCUT2D eigenvalue weighted by Crippen LogP contribution is 2.10. The summed E-state index contributed by atoms with van der Waals surface area (Å²) < 4.78 is 1.39. The van der Waals surface area contributed by atoms with Gasteiger partial charge in [-0.3, -0.25) is 14.0 Å². The average Bonchev–Trinajstić information content (AvgIpc) is 2.50. The van der Waals surface area contributed by atoms with Gasteiger partial charge in [0.1, 0.15) is 11.2 Å². The van der Waals surface area contributed by atoms with Crippen molar-refractivity contribution in [2.45, 2.75) is 19.4 Å². The maximum atomic E-state index is 12.3. The van der Waals surface area contributed by atoms with Gasteiger partial charge in [-0.1, -0.05) is 13.0 Å². The summed E-state index contributed by atoms with van der Waals surface area (Å²) in [6.07, 6.45) is 3.85. The third kappa shape index (κ3) is 2.67. The lowest BCUT2D eigenvalue weighted by atomic mass is 9.95. The summed E-state index contributed by atoms with van der Waals surface area (Å²) in [5.74, 6) is 0.00312. The van der Waals surface area contributed by atoms with Crippen LogP contribution in [0, 0.1) is 5.92 Å². The van der Waals surface area contributed by atoms with Gasteiger partial charge >= 0.3 is 0 Å². The Bertz CT molecular complexity index is 725. The summed E-state index contributed by atoms with van der Waals surface area (Å²) in [5.41, 5.74) is 0.290. The number of nitrogens with one attached hydrogen (secondary N) is 2. The minimum Gasteiger partial charge on any atom is -0.349 e. The van der Waals surface area contributed by atoms with Gasteiger partial charge in [-0.25, -0.2) is 4.98 Å². The van der Waals surface area contributed by atoms with Crippen molar-refractivity contribution in [2.24, 2.45) is 5.92 Å². The largest absolute Gasteiger partial charge is 0.349 e. The fourth-order valence-corrected chi connectivity index (χ4v) is 2.66. The van der Waals surface area contributed by atoms with E-state index in [2.05, 4.69) is 22.5 Å².